The Morgan fingerprint density at radius 1 is 1.46 bits per heavy atom. The highest BCUT2D eigenvalue weighted by atomic mass is 127. The van der Waals surface area contributed by atoms with Gasteiger partial charge >= 0.3 is 0 Å². The summed E-state index contributed by atoms with van der Waals surface area (Å²) < 4.78 is 1.42. The zero-order valence-electron chi connectivity index (χ0n) is 7.89. The van der Waals surface area contributed by atoms with Crippen molar-refractivity contribution in [2.24, 2.45) is 0 Å². The van der Waals surface area contributed by atoms with Crippen LogP contribution < -0.4 is 0 Å². The number of halogens is 1. The van der Waals surface area contributed by atoms with Gasteiger partial charge < -0.3 is 0 Å². The van der Waals surface area contributed by atoms with Gasteiger partial charge in [0, 0.05) is 3.57 Å². The van der Waals surface area contributed by atoms with Gasteiger partial charge in [0.15, 0.2) is 0 Å². The van der Waals surface area contributed by atoms with E-state index >= 15 is 0 Å². The second-order valence-electron chi connectivity index (χ2n) is 3.92. The van der Waals surface area contributed by atoms with Crippen molar-refractivity contribution in [2.75, 3.05) is 0 Å². The molecule has 0 aromatic heterocycles. The standard InChI is InChI=1S/C12H14I/c1-8(2)10-4-3-5-11(13)12(10)9-6-7-9/h3-5,8-9H,1,6-7H2,2H3. The van der Waals surface area contributed by atoms with Crippen LogP contribution in [-0.2, 0) is 0 Å². The predicted molar refractivity (Wildman–Crippen MR) is 64.9 cm³/mol. The Balaban J connectivity index is 2.47. The van der Waals surface area contributed by atoms with Crippen LogP contribution in [-0.4, -0.2) is 0 Å². The zero-order valence-corrected chi connectivity index (χ0v) is 10.0. The molecule has 1 atom stereocenters. The Hall–Kier alpha value is -0.0500. The summed E-state index contributed by atoms with van der Waals surface area (Å²) in [5.41, 5.74) is 3.03. The molecule has 0 heterocycles. The van der Waals surface area contributed by atoms with Gasteiger partial charge in [0.1, 0.15) is 0 Å². The summed E-state index contributed by atoms with van der Waals surface area (Å²) in [7, 11) is 0. The van der Waals surface area contributed by atoms with Gasteiger partial charge in [-0.1, -0.05) is 19.1 Å². The maximum Gasteiger partial charge on any atom is 0.0168 e. The Morgan fingerprint density at radius 2 is 2.15 bits per heavy atom. The van der Waals surface area contributed by atoms with Crippen LogP contribution in [0.15, 0.2) is 18.2 Å². The molecular weight excluding hydrogens is 271 g/mol. The summed E-state index contributed by atoms with van der Waals surface area (Å²) in [5.74, 6) is 1.26. The third-order valence-electron chi connectivity index (χ3n) is 2.60. The highest BCUT2D eigenvalue weighted by molar-refractivity contribution is 14.1. The first kappa shape index (κ1) is 9.50. The summed E-state index contributed by atoms with van der Waals surface area (Å²) >= 11 is 2.45. The molecule has 1 aromatic carbocycles. The van der Waals surface area contributed by atoms with E-state index in [4.69, 9.17) is 0 Å². The van der Waals surface area contributed by atoms with Crippen molar-refractivity contribution in [1.82, 2.24) is 0 Å². The quantitative estimate of drug-likeness (QED) is 0.717. The maximum atomic E-state index is 4.12. The SMILES string of the molecule is [CH2]C(C)c1cccc(I)c1C1CC1. The molecule has 0 amide bonds. The minimum Gasteiger partial charge on any atom is -0.0609 e. The van der Waals surface area contributed by atoms with Crippen LogP contribution in [0.2, 0.25) is 0 Å². The monoisotopic (exact) mass is 285 g/mol. The average molecular weight is 285 g/mol. The molecule has 69 valence electrons. The van der Waals surface area contributed by atoms with Crippen molar-refractivity contribution in [1.29, 1.82) is 0 Å². The molecule has 0 spiro atoms. The lowest BCUT2D eigenvalue weighted by atomic mass is 9.95. The van der Waals surface area contributed by atoms with E-state index in [1.54, 1.807) is 5.56 Å². The first-order valence-corrected chi connectivity index (χ1v) is 5.89. The van der Waals surface area contributed by atoms with E-state index in [-0.39, 0.29) is 0 Å². The van der Waals surface area contributed by atoms with Crippen molar-refractivity contribution in [3.8, 4) is 0 Å². The molecule has 2 rings (SSSR count). The second-order valence-corrected chi connectivity index (χ2v) is 5.08. The zero-order chi connectivity index (χ0) is 9.42. The molecule has 1 fully saturated rings. The molecule has 1 aliphatic rings. The smallest absolute Gasteiger partial charge is 0.0168 e. The summed E-state index contributed by atoms with van der Waals surface area (Å²) in [4.78, 5) is 0. The van der Waals surface area contributed by atoms with Gasteiger partial charge in [-0.2, -0.15) is 0 Å². The highest BCUT2D eigenvalue weighted by Gasteiger charge is 2.28. The van der Waals surface area contributed by atoms with Crippen LogP contribution in [0.5, 0.6) is 0 Å². The Labute approximate surface area is 93.9 Å². The van der Waals surface area contributed by atoms with Gasteiger partial charge in [-0.05, 0) is 71.4 Å². The van der Waals surface area contributed by atoms with E-state index < -0.39 is 0 Å². The van der Waals surface area contributed by atoms with Gasteiger partial charge in [-0.25, -0.2) is 0 Å². The fraction of sp³-hybridized carbons (Fsp3) is 0.417. The molecule has 0 aliphatic heterocycles. The van der Waals surface area contributed by atoms with Gasteiger partial charge in [0.2, 0.25) is 0 Å². The third kappa shape index (κ3) is 1.90. The van der Waals surface area contributed by atoms with E-state index in [0.29, 0.717) is 5.92 Å². The third-order valence-corrected chi connectivity index (χ3v) is 3.54. The Bertz CT molecular complexity index is 311. The molecule has 1 heteroatoms. The lowest BCUT2D eigenvalue weighted by Crippen LogP contribution is -1.97. The minimum atomic E-state index is 0.422. The second kappa shape index (κ2) is 3.60. The molecule has 0 saturated heterocycles. The minimum absolute atomic E-state index is 0.422. The first-order chi connectivity index (χ1) is 6.20. The van der Waals surface area contributed by atoms with E-state index in [1.165, 1.54) is 22.0 Å². The maximum absolute atomic E-state index is 4.12. The Kier molecular flexibility index (Phi) is 2.63. The van der Waals surface area contributed by atoms with Crippen molar-refractivity contribution < 1.29 is 0 Å². The normalized spacial score (nSPS) is 16.6. The van der Waals surface area contributed by atoms with Crippen LogP contribution in [0.25, 0.3) is 0 Å². The molecule has 1 aromatic rings. The topological polar surface area (TPSA) is 0 Å². The fourth-order valence-corrected chi connectivity index (χ4v) is 2.75. The van der Waals surface area contributed by atoms with E-state index in [9.17, 15) is 0 Å². The number of rotatable bonds is 2. The molecule has 1 radical (unpaired) electrons. The number of hydrogen-bond donors (Lipinski definition) is 0. The van der Waals surface area contributed by atoms with Gasteiger partial charge in [0.05, 0.1) is 0 Å². The molecule has 0 nitrogen and oxygen atoms in total. The largest absolute Gasteiger partial charge is 0.0609 e. The van der Waals surface area contributed by atoms with Crippen LogP contribution >= 0.6 is 22.6 Å². The molecule has 13 heavy (non-hydrogen) atoms. The van der Waals surface area contributed by atoms with Crippen LogP contribution in [0.4, 0.5) is 0 Å². The molecule has 1 unspecified atom stereocenters. The van der Waals surface area contributed by atoms with Crippen LogP contribution in [0, 0.1) is 10.5 Å². The molecule has 1 aliphatic carbocycles. The predicted octanol–water partition coefficient (Wildman–Crippen LogP) is 4.11. The fourth-order valence-electron chi connectivity index (χ4n) is 1.79. The summed E-state index contributed by atoms with van der Waals surface area (Å²) in [6, 6.07) is 6.58. The van der Waals surface area contributed by atoms with Gasteiger partial charge in [0.25, 0.3) is 0 Å². The van der Waals surface area contributed by atoms with Crippen molar-refractivity contribution in [3.63, 3.8) is 0 Å². The van der Waals surface area contributed by atoms with Crippen LogP contribution in [0.1, 0.15) is 42.7 Å². The first-order valence-electron chi connectivity index (χ1n) is 4.81. The van der Waals surface area contributed by atoms with Crippen molar-refractivity contribution in [2.45, 2.75) is 31.6 Å². The molecule has 0 N–H and O–H groups in total. The van der Waals surface area contributed by atoms with Gasteiger partial charge in [-0.3, -0.25) is 0 Å². The Morgan fingerprint density at radius 3 is 2.69 bits per heavy atom. The lowest BCUT2D eigenvalue weighted by Gasteiger charge is -2.13. The van der Waals surface area contributed by atoms with Crippen LogP contribution in [0.3, 0.4) is 0 Å². The molecular formula is C12H14I. The number of hydrogen-bond acceptors (Lipinski definition) is 0. The van der Waals surface area contributed by atoms with E-state index in [1.807, 2.05) is 0 Å². The van der Waals surface area contributed by atoms with E-state index in [0.717, 1.165) is 5.92 Å². The molecule has 1 saturated carbocycles. The van der Waals surface area contributed by atoms with Crippen molar-refractivity contribution >= 4 is 22.6 Å². The average Bonchev–Trinajstić information content (AvgIpc) is 2.86. The van der Waals surface area contributed by atoms with Crippen molar-refractivity contribution in [3.05, 3.63) is 39.8 Å². The van der Waals surface area contributed by atoms with Gasteiger partial charge in [-0.15, -0.1) is 0 Å². The number of benzene rings is 1. The van der Waals surface area contributed by atoms with E-state index in [2.05, 4.69) is 54.6 Å². The lowest BCUT2D eigenvalue weighted by molar-refractivity contribution is 0.917. The molecule has 0 bridgehead atoms. The summed E-state index contributed by atoms with van der Waals surface area (Å²) in [5, 5.41) is 0. The highest BCUT2D eigenvalue weighted by Crippen LogP contribution is 2.45. The summed E-state index contributed by atoms with van der Waals surface area (Å²) in [6.45, 7) is 6.30. The summed E-state index contributed by atoms with van der Waals surface area (Å²) in [6.07, 6.45) is 2.75.